The van der Waals surface area contributed by atoms with Gasteiger partial charge in [0.25, 0.3) is 7.37 Å². The molecule has 2 atom stereocenters. The molecule has 2 aromatic rings. The van der Waals surface area contributed by atoms with Crippen molar-refractivity contribution in [2.75, 3.05) is 6.16 Å². The van der Waals surface area contributed by atoms with Gasteiger partial charge in [0.15, 0.2) is 0 Å². The maximum absolute atomic E-state index is 13.5. The molecular formula is C18H17O5P. The van der Waals surface area contributed by atoms with Crippen LogP contribution in [0.3, 0.4) is 0 Å². The van der Waals surface area contributed by atoms with E-state index in [1.165, 1.54) is 6.92 Å². The van der Waals surface area contributed by atoms with E-state index >= 15 is 0 Å². The lowest BCUT2D eigenvalue weighted by Crippen LogP contribution is -2.27. The molecule has 2 unspecified atom stereocenters. The van der Waals surface area contributed by atoms with Crippen LogP contribution in [0, 0.1) is 5.92 Å². The minimum atomic E-state index is -3.44. The molecule has 0 aliphatic carbocycles. The van der Waals surface area contributed by atoms with Gasteiger partial charge in [0.05, 0.1) is 17.4 Å². The number of hydrogen-bond donors (Lipinski definition) is 1. The number of fused-ring (bicyclic) bond motifs is 3. The summed E-state index contributed by atoms with van der Waals surface area (Å²) >= 11 is 0. The monoisotopic (exact) mass is 344 g/mol. The normalized spacial score (nSPS) is 19.5. The molecule has 1 N–H and O–H groups in total. The Morgan fingerprint density at radius 2 is 1.71 bits per heavy atom. The van der Waals surface area contributed by atoms with Crippen molar-refractivity contribution in [3.63, 3.8) is 0 Å². The van der Waals surface area contributed by atoms with Crippen molar-refractivity contribution in [2.45, 2.75) is 13.3 Å². The van der Waals surface area contributed by atoms with E-state index in [-0.39, 0.29) is 18.4 Å². The number of benzene rings is 2. The number of para-hydroxylation sites is 1. The van der Waals surface area contributed by atoms with E-state index in [9.17, 15) is 19.3 Å². The van der Waals surface area contributed by atoms with Gasteiger partial charge in [0.2, 0.25) is 0 Å². The first-order valence-electron chi connectivity index (χ1n) is 7.60. The fraction of sp³-hybridized carbons (Fsp3) is 0.222. The van der Waals surface area contributed by atoms with E-state index < -0.39 is 19.3 Å². The first-order chi connectivity index (χ1) is 11.4. The van der Waals surface area contributed by atoms with Gasteiger partial charge in [-0.1, -0.05) is 36.4 Å². The summed E-state index contributed by atoms with van der Waals surface area (Å²) in [6.07, 6.45) is -0.361. The Morgan fingerprint density at radius 3 is 2.38 bits per heavy atom. The number of hydrogen-bond acceptors (Lipinski definition) is 4. The van der Waals surface area contributed by atoms with Crippen LogP contribution < -0.4 is 9.83 Å². The lowest BCUT2D eigenvalue weighted by molar-refractivity contribution is -0.142. The molecule has 0 saturated heterocycles. The van der Waals surface area contributed by atoms with Crippen LogP contribution in [0.2, 0.25) is 0 Å². The average Bonchev–Trinajstić information content (AvgIpc) is 2.54. The Bertz CT molecular complexity index is 858. The molecule has 0 saturated carbocycles. The topological polar surface area (TPSA) is 80.7 Å². The van der Waals surface area contributed by atoms with E-state index in [1.54, 1.807) is 24.3 Å². The van der Waals surface area contributed by atoms with Gasteiger partial charge in [-0.3, -0.25) is 9.36 Å². The van der Waals surface area contributed by atoms with Crippen molar-refractivity contribution >= 4 is 24.4 Å². The van der Waals surface area contributed by atoms with Crippen LogP contribution in [-0.4, -0.2) is 23.0 Å². The van der Waals surface area contributed by atoms with Crippen molar-refractivity contribution in [2.24, 2.45) is 5.92 Å². The number of carbonyl (C=O) groups excluding carboxylic acids is 1. The summed E-state index contributed by atoms with van der Waals surface area (Å²) in [5.41, 5.74) is 1.62. The zero-order valence-corrected chi connectivity index (χ0v) is 14.0. The quantitative estimate of drug-likeness (QED) is 0.842. The SMILES string of the molecule is CC(=O)CC(CP1(=O)Oc2ccccc2-c2ccccc21)C(=O)O. The Labute approximate surface area is 139 Å². The Morgan fingerprint density at radius 1 is 1.08 bits per heavy atom. The second kappa shape index (κ2) is 6.25. The summed E-state index contributed by atoms with van der Waals surface area (Å²) in [5.74, 6) is -1.95. The molecular weight excluding hydrogens is 327 g/mol. The average molecular weight is 344 g/mol. The Hall–Kier alpha value is -2.39. The third-order valence-electron chi connectivity index (χ3n) is 4.04. The van der Waals surface area contributed by atoms with E-state index in [0.717, 1.165) is 11.1 Å². The minimum Gasteiger partial charge on any atom is -0.481 e. The van der Waals surface area contributed by atoms with Crippen LogP contribution in [0.25, 0.3) is 11.1 Å². The molecule has 6 heteroatoms. The molecule has 124 valence electrons. The van der Waals surface area contributed by atoms with Crippen LogP contribution in [0.5, 0.6) is 5.75 Å². The van der Waals surface area contributed by atoms with E-state index in [4.69, 9.17) is 4.52 Å². The summed E-state index contributed by atoms with van der Waals surface area (Å²) in [5, 5.41) is 9.89. The van der Waals surface area contributed by atoms with Gasteiger partial charge in [0.1, 0.15) is 11.5 Å². The van der Waals surface area contributed by atoms with Crippen molar-refractivity contribution in [3.05, 3.63) is 48.5 Å². The van der Waals surface area contributed by atoms with Crippen LogP contribution >= 0.6 is 7.37 Å². The molecule has 0 bridgehead atoms. The standard InChI is InChI=1S/C18H17O5P/c1-12(19)10-13(18(20)21)11-24(22)17-9-5-3-7-15(17)14-6-2-4-8-16(14)23-24/h2-9,13H,10-11H2,1H3,(H,20,21). The van der Waals surface area contributed by atoms with Gasteiger partial charge in [-0.05, 0) is 24.6 Å². The predicted octanol–water partition coefficient (Wildman–Crippen LogP) is 3.33. The molecule has 1 aliphatic heterocycles. The highest BCUT2D eigenvalue weighted by Crippen LogP contribution is 2.55. The summed E-state index contributed by atoms with van der Waals surface area (Å²) in [7, 11) is -3.44. The number of carboxylic acid groups (broad SMARTS) is 1. The molecule has 1 heterocycles. The van der Waals surface area contributed by atoms with Crippen LogP contribution in [0.4, 0.5) is 0 Å². The molecule has 0 aromatic heterocycles. The van der Waals surface area contributed by atoms with E-state index in [1.807, 2.05) is 24.3 Å². The molecule has 2 aromatic carbocycles. The van der Waals surface area contributed by atoms with Crippen LogP contribution in [0.1, 0.15) is 13.3 Å². The van der Waals surface area contributed by atoms with Crippen molar-refractivity contribution < 1.29 is 23.8 Å². The highest BCUT2D eigenvalue weighted by Gasteiger charge is 2.40. The third kappa shape index (κ3) is 3.00. The summed E-state index contributed by atoms with van der Waals surface area (Å²) in [4.78, 5) is 22.8. The zero-order valence-electron chi connectivity index (χ0n) is 13.1. The number of aliphatic carboxylic acids is 1. The van der Waals surface area contributed by atoms with Gasteiger partial charge >= 0.3 is 5.97 Å². The number of carbonyl (C=O) groups is 2. The molecule has 0 spiro atoms. The van der Waals surface area contributed by atoms with E-state index in [2.05, 4.69) is 0 Å². The zero-order chi connectivity index (χ0) is 17.3. The van der Waals surface area contributed by atoms with Crippen molar-refractivity contribution in [3.8, 4) is 16.9 Å². The minimum absolute atomic E-state index is 0.160. The summed E-state index contributed by atoms with van der Waals surface area (Å²) in [6.45, 7) is 1.33. The van der Waals surface area contributed by atoms with Gasteiger partial charge in [-0.15, -0.1) is 0 Å². The third-order valence-corrected chi connectivity index (χ3v) is 6.58. The Kier molecular flexibility index (Phi) is 4.29. The molecule has 0 amide bonds. The largest absolute Gasteiger partial charge is 0.481 e. The maximum atomic E-state index is 13.5. The van der Waals surface area contributed by atoms with Gasteiger partial charge in [-0.25, -0.2) is 0 Å². The maximum Gasteiger partial charge on any atom is 0.307 e. The molecule has 0 radical (unpaired) electrons. The highest BCUT2D eigenvalue weighted by molar-refractivity contribution is 7.67. The number of rotatable bonds is 5. The summed E-state index contributed by atoms with van der Waals surface area (Å²) in [6, 6.07) is 14.4. The van der Waals surface area contributed by atoms with Crippen molar-refractivity contribution in [1.82, 2.24) is 0 Å². The van der Waals surface area contributed by atoms with Crippen LogP contribution in [0.15, 0.2) is 48.5 Å². The molecule has 0 fully saturated rings. The molecule has 1 aliphatic rings. The summed E-state index contributed by atoms with van der Waals surface area (Å²) < 4.78 is 19.3. The molecule has 5 nitrogen and oxygen atoms in total. The predicted molar refractivity (Wildman–Crippen MR) is 91.0 cm³/mol. The smallest absolute Gasteiger partial charge is 0.307 e. The lowest BCUT2D eigenvalue weighted by atomic mass is 10.0. The molecule has 3 rings (SSSR count). The van der Waals surface area contributed by atoms with Gasteiger partial charge in [-0.2, -0.15) is 0 Å². The first-order valence-corrected chi connectivity index (χ1v) is 9.41. The van der Waals surface area contributed by atoms with Gasteiger partial charge in [0, 0.05) is 12.0 Å². The van der Waals surface area contributed by atoms with Crippen LogP contribution in [-0.2, 0) is 14.2 Å². The lowest BCUT2D eigenvalue weighted by Gasteiger charge is -2.30. The second-order valence-electron chi connectivity index (χ2n) is 5.90. The first kappa shape index (κ1) is 16.5. The second-order valence-corrected chi connectivity index (χ2v) is 8.28. The Balaban J connectivity index is 2.06. The fourth-order valence-electron chi connectivity index (χ4n) is 2.98. The van der Waals surface area contributed by atoms with Gasteiger partial charge < -0.3 is 14.4 Å². The highest BCUT2D eigenvalue weighted by atomic mass is 31.2. The number of Topliss-reactive ketones (excluding diaryl/α,β-unsaturated/α-hetero) is 1. The number of carboxylic acids is 1. The van der Waals surface area contributed by atoms with E-state index in [0.29, 0.717) is 11.1 Å². The molecule has 24 heavy (non-hydrogen) atoms. The fourth-order valence-corrected chi connectivity index (χ4v) is 5.57. The number of ketones is 1. The van der Waals surface area contributed by atoms with Crippen molar-refractivity contribution in [1.29, 1.82) is 0 Å².